The summed E-state index contributed by atoms with van der Waals surface area (Å²) in [5, 5.41) is 3.80. The highest BCUT2D eigenvalue weighted by Crippen LogP contribution is 2.30. The fourth-order valence-electron chi connectivity index (χ4n) is 5.06. The van der Waals surface area contributed by atoms with Gasteiger partial charge in [-0.25, -0.2) is 14.4 Å². The number of ketones is 1. The summed E-state index contributed by atoms with van der Waals surface area (Å²) in [7, 11) is 0. The molecule has 1 aromatic carbocycles. The van der Waals surface area contributed by atoms with Gasteiger partial charge in [-0.1, -0.05) is 38.1 Å². The second kappa shape index (κ2) is 10.8. The van der Waals surface area contributed by atoms with Gasteiger partial charge in [0.25, 0.3) is 0 Å². The van der Waals surface area contributed by atoms with E-state index in [-0.39, 0.29) is 29.9 Å². The van der Waals surface area contributed by atoms with E-state index in [4.69, 9.17) is 4.52 Å². The third kappa shape index (κ3) is 5.59. The number of aryl methyl sites for hydroxylation is 1. The predicted octanol–water partition coefficient (Wildman–Crippen LogP) is 6.31. The molecule has 1 aliphatic heterocycles. The van der Waals surface area contributed by atoms with Gasteiger partial charge in [-0.05, 0) is 61.1 Å². The summed E-state index contributed by atoms with van der Waals surface area (Å²) in [6.07, 6.45) is 7.55. The smallest absolute Gasteiger partial charge is 0.238 e. The summed E-state index contributed by atoms with van der Waals surface area (Å²) >= 11 is 0. The van der Waals surface area contributed by atoms with Gasteiger partial charge in [-0.2, -0.15) is 4.98 Å². The molecule has 0 saturated carbocycles. The zero-order chi connectivity index (χ0) is 28.6. The molecule has 4 aromatic heterocycles. The maximum Gasteiger partial charge on any atom is 0.238 e. The lowest BCUT2D eigenvalue weighted by Crippen LogP contribution is -2.29. The van der Waals surface area contributed by atoms with E-state index in [1.54, 1.807) is 12.3 Å². The fourth-order valence-corrected chi connectivity index (χ4v) is 5.06. The maximum absolute atomic E-state index is 15.2. The first-order valence-electron chi connectivity index (χ1n) is 14.0. The molecule has 5 heterocycles. The van der Waals surface area contributed by atoms with Gasteiger partial charge >= 0.3 is 0 Å². The average molecular weight is 554 g/mol. The number of anilines is 1. The Hall–Kier alpha value is -4.47. The Morgan fingerprint density at radius 2 is 1.88 bits per heavy atom. The van der Waals surface area contributed by atoms with Gasteiger partial charge in [-0.15, -0.1) is 0 Å². The molecule has 5 aromatic rings. The number of pyridine rings is 2. The van der Waals surface area contributed by atoms with Crippen molar-refractivity contribution in [1.82, 2.24) is 30.1 Å². The van der Waals surface area contributed by atoms with Gasteiger partial charge in [0.1, 0.15) is 11.5 Å². The Kier molecular flexibility index (Phi) is 7.07. The molecule has 0 radical (unpaired) electrons. The molecule has 1 N–H and O–H groups in total. The second-order valence-electron chi connectivity index (χ2n) is 11.5. The number of H-pyrrole nitrogens is 1. The molecule has 0 atom stereocenters. The molecule has 9 nitrogen and oxygen atoms in total. The van der Waals surface area contributed by atoms with Gasteiger partial charge < -0.3 is 14.4 Å². The van der Waals surface area contributed by atoms with E-state index in [1.807, 2.05) is 45.2 Å². The number of benzene rings is 1. The number of fused-ring (bicyclic) bond motifs is 1. The molecule has 41 heavy (non-hydrogen) atoms. The minimum absolute atomic E-state index is 0.0248. The van der Waals surface area contributed by atoms with Crippen LogP contribution in [0.3, 0.4) is 0 Å². The van der Waals surface area contributed by atoms with E-state index in [0.717, 1.165) is 30.0 Å². The van der Waals surface area contributed by atoms with Crippen LogP contribution in [0, 0.1) is 5.82 Å². The van der Waals surface area contributed by atoms with Crippen LogP contribution in [0.5, 0.6) is 0 Å². The first-order valence-corrected chi connectivity index (χ1v) is 14.0. The summed E-state index contributed by atoms with van der Waals surface area (Å²) in [6, 6.07) is 10.9. The molecule has 6 rings (SSSR count). The number of aromatic amines is 1. The largest absolute Gasteiger partial charge is 0.370 e. The molecule has 10 heteroatoms. The molecule has 0 amide bonds. The number of halogens is 1. The SMILES string of the molecule is CC(C)(C)c1nc(C(=O)CCc2ccc(-c3ccnc4nc(-c5ccc(N6CCCCC6)cn5)[nH]c34)cc2F)no1. The van der Waals surface area contributed by atoms with Crippen molar-refractivity contribution in [2.45, 2.75) is 58.3 Å². The maximum atomic E-state index is 15.2. The molecule has 0 aliphatic carbocycles. The van der Waals surface area contributed by atoms with Crippen LogP contribution in [-0.4, -0.2) is 48.9 Å². The Balaban J connectivity index is 1.19. The number of hydrogen-bond acceptors (Lipinski definition) is 8. The molecule has 1 fully saturated rings. The number of hydrogen-bond donors (Lipinski definition) is 1. The van der Waals surface area contributed by atoms with Gasteiger partial charge in [0.2, 0.25) is 17.5 Å². The highest BCUT2D eigenvalue weighted by atomic mass is 19.1. The van der Waals surface area contributed by atoms with Crippen molar-refractivity contribution in [3.63, 3.8) is 0 Å². The van der Waals surface area contributed by atoms with Crippen LogP contribution in [-0.2, 0) is 11.8 Å². The topological polar surface area (TPSA) is 114 Å². The number of rotatable bonds is 7. The second-order valence-corrected chi connectivity index (χ2v) is 11.5. The van der Waals surface area contributed by atoms with Crippen molar-refractivity contribution in [3.05, 3.63) is 71.9 Å². The number of nitrogens with one attached hydrogen (secondary N) is 1. The van der Waals surface area contributed by atoms with Crippen LogP contribution >= 0.6 is 0 Å². The lowest BCUT2D eigenvalue weighted by Gasteiger charge is -2.28. The van der Waals surface area contributed by atoms with Crippen molar-refractivity contribution < 1.29 is 13.7 Å². The summed E-state index contributed by atoms with van der Waals surface area (Å²) in [6.45, 7) is 7.90. The van der Waals surface area contributed by atoms with Crippen LogP contribution in [0.15, 0.2) is 53.3 Å². The number of aromatic nitrogens is 6. The number of imidazole rings is 1. The highest BCUT2D eigenvalue weighted by Gasteiger charge is 2.24. The fraction of sp³-hybridized carbons (Fsp3) is 0.355. The number of nitrogens with zero attached hydrogens (tertiary/aromatic N) is 6. The molecule has 0 bridgehead atoms. The Morgan fingerprint density at radius 1 is 1.05 bits per heavy atom. The Labute approximate surface area is 237 Å². The predicted molar refractivity (Wildman–Crippen MR) is 154 cm³/mol. The molecule has 0 spiro atoms. The molecule has 210 valence electrons. The Bertz CT molecular complexity index is 1700. The third-order valence-electron chi connectivity index (χ3n) is 7.41. The summed E-state index contributed by atoms with van der Waals surface area (Å²) in [4.78, 5) is 36.2. The minimum Gasteiger partial charge on any atom is -0.370 e. The van der Waals surface area contributed by atoms with Gasteiger partial charge in [0, 0.05) is 36.7 Å². The van der Waals surface area contributed by atoms with Crippen LogP contribution < -0.4 is 4.90 Å². The quantitative estimate of drug-likeness (QED) is 0.233. The molecule has 1 aliphatic rings. The van der Waals surface area contributed by atoms with Crippen LogP contribution in [0.25, 0.3) is 33.8 Å². The van der Waals surface area contributed by atoms with Crippen LogP contribution in [0.4, 0.5) is 10.1 Å². The van der Waals surface area contributed by atoms with Gasteiger partial charge in [0.05, 0.1) is 17.4 Å². The zero-order valence-corrected chi connectivity index (χ0v) is 23.4. The van der Waals surface area contributed by atoms with E-state index < -0.39 is 5.82 Å². The third-order valence-corrected chi connectivity index (χ3v) is 7.41. The van der Waals surface area contributed by atoms with Crippen molar-refractivity contribution in [2.75, 3.05) is 18.0 Å². The van der Waals surface area contributed by atoms with Gasteiger partial charge in [-0.3, -0.25) is 9.78 Å². The zero-order valence-electron chi connectivity index (χ0n) is 23.4. The van der Waals surface area contributed by atoms with Crippen molar-refractivity contribution in [2.24, 2.45) is 0 Å². The number of piperidine rings is 1. The monoisotopic (exact) mass is 553 g/mol. The minimum atomic E-state index is -0.390. The van der Waals surface area contributed by atoms with Crippen molar-refractivity contribution in [3.8, 4) is 22.6 Å². The lowest BCUT2D eigenvalue weighted by atomic mass is 9.97. The first-order chi connectivity index (χ1) is 19.8. The number of carbonyl (C=O) groups excluding carboxylic acids is 1. The van der Waals surface area contributed by atoms with E-state index in [9.17, 15) is 4.79 Å². The standard InChI is InChI=1S/C31H32FN7O2/c1-31(2,3)30-37-28(38-41-30)25(40)12-9-19-7-8-20(17-23(19)32)22-13-14-33-29-26(22)35-27(36-29)24-11-10-21(18-34-24)39-15-5-4-6-16-39/h7-8,10-11,13-14,17-18H,4-6,9,12,15-16H2,1-3H3,(H,33,35,36). The van der Waals surface area contributed by atoms with Crippen LogP contribution in [0.2, 0.25) is 0 Å². The van der Waals surface area contributed by atoms with Crippen molar-refractivity contribution in [1.29, 1.82) is 0 Å². The van der Waals surface area contributed by atoms with E-state index in [0.29, 0.717) is 34.0 Å². The Morgan fingerprint density at radius 3 is 2.59 bits per heavy atom. The molecule has 1 saturated heterocycles. The van der Waals surface area contributed by atoms with Gasteiger partial charge in [0.15, 0.2) is 11.5 Å². The van der Waals surface area contributed by atoms with Crippen LogP contribution in [0.1, 0.15) is 68.5 Å². The van der Waals surface area contributed by atoms with E-state index in [1.165, 1.54) is 25.3 Å². The summed E-state index contributed by atoms with van der Waals surface area (Å²) < 4.78 is 20.4. The molecular formula is C31H32FN7O2. The average Bonchev–Trinajstić information content (AvgIpc) is 3.65. The summed E-state index contributed by atoms with van der Waals surface area (Å²) in [5.41, 5.74) is 4.63. The lowest BCUT2D eigenvalue weighted by molar-refractivity contribution is 0.0969. The molecule has 0 unspecified atom stereocenters. The number of Topliss-reactive ketones (excluding diaryl/α,β-unsaturated/α-hetero) is 1. The van der Waals surface area contributed by atoms with Crippen molar-refractivity contribution >= 4 is 22.6 Å². The normalized spacial score (nSPS) is 14.1. The van der Waals surface area contributed by atoms with E-state index in [2.05, 4.69) is 41.0 Å². The number of carbonyl (C=O) groups is 1. The van der Waals surface area contributed by atoms with E-state index >= 15 is 4.39 Å². The molecular weight excluding hydrogens is 521 g/mol. The first kappa shape index (κ1) is 26.7. The highest BCUT2D eigenvalue weighted by molar-refractivity contribution is 5.93. The summed E-state index contributed by atoms with van der Waals surface area (Å²) in [5.74, 6) is 0.352.